The van der Waals surface area contributed by atoms with E-state index in [1.54, 1.807) is 0 Å². The number of amides is 1. The maximum atomic E-state index is 12.9. The maximum Gasteiger partial charge on any atom is 0.277 e. The molecule has 1 aliphatic rings. The van der Waals surface area contributed by atoms with E-state index < -0.39 is 0 Å². The Hall–Kier alpha value is -2.16. The van der Waals surface area contributed by atoms with Crippen molar-refractivity contribution >= 4 is 33.6 Å². The van der Waals surface area contributed by atoms with Crippen LogP contribution in [0.2, 0.25) is 0 Å². The van der Waals surface area contributed by atoms with Crippen LogP contribution in [-0.2, 0) is 11.3 Å². The van der Waals surface area contributed by atoms with Gasteiger partial charge in [-0.2, -0.15) is 0 Å². The van der Waals surface area contributed by atoms with Crippen molar-refractivity contribution < 1.29 is 9.21 Å². The van der Waals surface area contributed by atoms with Crippen molar-refractivity contribution in [2.75, 3.05) is 26.2 Å². The standard InChI is InChI=1S/C22H23BrN4O2S/c1-16(30-22-25-24-20(29-22)18-8-5-9-19(23)14-18)21(28)27-12-10-26(11-13-27)15-17-6-3-2-4-7-17/h2-9,14,16H,10-13,15H2,1H3/t16-/m1/s1. The molecule has 8 heteroatoms. The molecule has 0 aliphatic carbocycles. The third-order valence-electron chi connectivity index (χ3n) is 5.04. The van der Waals surface area contributed by atoms with Crippen molar-refractivity contribution in [1.82, 2.24) is 20.0 Å². The molecule has 156 valence electrons. The third kappa shape index (κ3) is 5.30. The molecule has 0 radical (unpaired) electrons. The minimum Gasteiger partial charge on any atom is -0.411 e. The van der Waals surface area contributed by atoms with Crippen LogP contribution in [0.3, 0.4) is 0 Å². The first-order chi connectivity index (χ1) is 14.6. The maximum absolute atomic E-state index is 12.9. The van der Waals surface area contributed by atoms with Gasteiger partial charge in [-0.1, -0.05) is 64.1 Å². The highest BCUT2D eigenvalue weighted by atomic mass is 79.9. The Morgan fingerprint density at radius 2 is 1.87 bits per heavy atom. The molecule has 30 heavy (non-hydrogen) atoms. The van der Waals surface area contributed by atoms with Crippen molar-refractivity contribution in [1.29, 1.82) is 0 Å². The fourth-order valence-corrected chi connectivity index (χ4v) is 4.59. The summed E-state index contributed by atoms with van der Waals surface area (Å²) in [5.74, 6) is 0.564. The van der Waals surface area contributed by atoms with E-state index in [4.69, 9.17) is 4.42 Å². The van der Waals surface area contributed by atoms with Crippen molar-refractivity contribution in [2.45, 2.75) is 23.9 Å². The number of rotatable bonds is 6. The summed E-state index contributed by atoms with van der Waals surface area (Å²) in [7, 11) is 0. The monoisotopic (exact) mass is 486 g/mol. The fraction of sp³-hybridized carbons (Fsp3) is 0.318. The van der Waals surface area contributed by atoms with Crippen molar-refractivity contribution in [2.24, 2.45) is 0 Å². The molecule has 0 N–H and O–H groups in total. The minimum absolute atomic E-state index is 0.113. The third-order valence-corrected chi connectivity index (χ3v) is 6.45. The Morgan fingerprint density at radius 3 is 2.60 bits per heavy atom. The zero-order valence-corrected chi connectivity index (χ0v) is 19.1. The van der Waals surface area contributed by atoms with Gasteiger partial charge in [-0.05, 0) is 30.7 Å². The quantitative estimate of drug-likeness (QED) is 0.483. The minimum atomic E-state index is -0.276. The zero-order chi connectivity index (χ0) is 20.9. The van der Waals surface area contributed by atoms with Gasteiger partial charge in [0.15, 0.2) is 0 Å². The largest absolute Gasteiger partial charge is 0.411 e. The number of carbonyl (C=O) groups excluding carboxylic acids is 1. The molecule has 0 unspecified atom stereocenters. The highest BCUT2D eigenvalue weighted by Crippen LogP contribution is 2.28. The summed E-state index contributed by atoms with van der Waals surface area (Å²) in [4.78, 5) is 17.2. The molecule has 3 aromatic rings. The molecule has 1 aromatic heterocycles. The van der Waals surface area contributed by atoms with Crippen LogP contribution in [0, 0.1) is 0 Å². The van der Waals surface area contributed by atoms with Crippen LogP contribution in [0.25, 0.3) is 11.5 Å². The average molecular weight is 487 g/mol. The van der Waals surface area contributed by atoms with Crippen molar-refractivity contribution in [3.8, 4) is 11.5 Å². The summed E-state index contributed by atoms with van der Waals surface area (Å²) in [6.07, 6.45) is 0. The smallest absolute Gasteiger partial charge is 0.277 e. The summed E-state index contributed by atoms with van der Waals surface area (Å²) >= 11 is 4.76. The number of hydrogen-bond acceptors (Lipinski definition) is 6. The second-order valence-corrected chi connectivity index (χ2v) is 9.44. The van der Waals surface area contributed by atoms with E-state index >= 15 is 0 Å². The average Bonchev–Trinajstić information content (AvgIpc) is 3.23. The van der Waals surface area contributed by atoms with E-state index in [0.29, 0.717) is 11.1 Å². The van der Waals surface area contributed by atoms with Gasteiger partial charge in [0.25, 0.3) is 5.22 Å². The second kappa shape index (κ2) is 9.76. The lowest BCUT2D eigenvalue weighted by Gasteiger charge is -2.35. The molecule has 2 heterocycles. The lowest BCUT2D eigenvalue weighted by Crippen LogP contribution is -2.50. The molecular weight excluding hydrogens is 464 g/mol. The van der Waals surface area contributed by atoms with Gasteiger partial charge >= 0.3 is 0 Å². The molecular formula is C22H23BrN4O2S. The molecule has 6 nitrogen and oxygen atoms in total. The number of benzene rings is 2. The van der Waals surface area contributed by atoms with Crippen molar-refractivity contribution in [3.63, 3.8) is 0 Å². The van der Waals surface area contributed by atoms with Gasteiger partial charge in [0.05, 0.1) is 5.25 Å². The van der Waals surface area contributed by atoms with Gasteiger partial charge < -0.3 is 9.32 Å². The Balaban J connectivity index is 1.29. The summed E-state index contributed by atoms with van der Waals surface area (Å²) in [6.45, 7) is 6.06. The van der Waals surface area contributed by atoms with Crippen LogP contribution in [0.5, 0.6) is 0 Å². The molecule has 1 aliphatic heterocycles. The summed E-state index contributed by atoms with van der Waals surface area (Å²) in [5, 5.41) is 8.35. The van der Waals surface area contributed by atoms with E-state index in [1.165, 1.54) is 17.3 Å². The summed E-state index contributed by atoms with van der Waals surface area (Å²) < 4.78 is 6.70. The summed E-state index contributed by atoms with van der Waals surface area (Å²) in [5.41, 5.74) is 2.15. The predicted octanol–water partition coefficient (Wildman–Crippen LogP) is 4.32. The van der Waals surface area contributed by atoms with Gasteiger partial charge in [-0.25, -0.2) is 0 Å². The lowest BCUT2D eigenvalue weighted by molar-refractivity contribution is -0.132. The van der Waals surface area contributed by atoms with Crippen LogP contribution >= 0.6 is 27.7 Å². The molecule has 1 saturated heterocycles. The summed E-state index contributed by atoms with van der Waals surface area (Å²) in [6, 6.07) is 18.1. The Bertz CT molecular complexity index is 990. The van der Waals surface area contributed by atoms with Gasteiger partial charge in [-0.15, -0.1) is 10.2 Å². The number of hydrogen-bond donors (Lipinski definition) is 0. The lowest BCUT2D eigenvalue weighted by atomic mass is 10.2. The van der Waals surface area contributed by atoms with E-state index in [2.05, 4.69) is 55.3 Å². The molecule has 0 saturated carbocycles. The number of nitrogens with zero attached hydrogens (tertiary/aromatic N) is 4. The molecule has 1 fully saturated rings. The van der Waals surface area contributed by atoms with Gasteiger partial charge in [0, 0.05) is 42.8 Å². The van der Waals surface area contributed by atoms with Crippen LogP contribution in [0.1, 0.15) is 12.5 Å². The van der Waals surface area contributed by atoms with Crippen LogP contribution in [-0.4, -0.2) is 57.3 Å². The molecule has 4 rings (SSSR count). The van der Waals surface area contributed by atoms with Crippen molar-refractivity contribution in [3.05, 3.63) is 64.6 Å². The Kier molecular flexibility index (Phi) is 6.86. The second-order valence-electron chi connectivity index (χ2n) is 7.23. The first kappa shape index (κ1) is 21.1. The number of carbonyl (C=O) groups is 1. The normalized spacial score (nSPS) is 15.9. The van der Waals surface area contributed by atoms with E-state index in [9.17, 15) is 4.79 Å². The highest BCUT2D eigenvalue weighted by Gasteiger charge is 2.27. The van der Waals surface area contributed by atoms with Crippen LogP contribution in [0.4, 0.5) is 0 Å². The Morgan fingerprint density at radius 1 is 1.10 bits per heavy atom. The SMILES string of the molecule is C[C@@H](Sc1nnc(-c2cccc(Br)c2)o1)C(=O)N1CCN(Cc2ccccc2)CC1. The number of piperazine rings is 1. The molecule has 1 atom stereocenters. The molecule has 0 bridgehead atoms. The number of halogens is 1. The van der Waals surface area contributed by atoms with E-state index in [0.717, 1.165) is 42.8 Å². The molecule has 0 spiro atoms. The predicted molar refractivity (Wildman–Crippen MR) is 121 cm³/mol. The van der Waals surface area contributed by atoms with Gasteiger partial charge in [0.1, 0.15) is 0 Å². The molecule has 2 aromatic carbocycles. The van der Waals surface area contributed by atoms with E-state index in [-0.39, 0.29) is 11.2 Å². The zero-order valence-electron chi connectivity index (χ0n) is 16.7. The highest BCUT2D eigenvalue weighted by molar-refractivity contribution is 9.10. The van der Waals surface area contributed by atoms with Crippen LogP contribution in [0.15, 0.2) is 68.7 Å². The first-order valence-corrected chi connectivity index (χ1v) is 11.6. The van der Waals surface area contributed by atoms with Gasteiger partial charge in [0.2, 0.25) is 11.8 Å². The fourth-order valence-electron chi connectivity index (χ4n) is 3.42. The first-order valence-electron chi connectivity index (χ1n) is 9.89. The number of aromatic nitrogens is 2. The van der Waals surface area contributed by atoms with Gasteiger partial charge in [-0.3, -0.25) is 9.69 Å². The number of thioether (sulfide) groups is 1. The topological polar surface area (TPSA) is 62.5 Å². The Labute approximate surface area is 188 Å². The molecule has 1 amide bonds. The van der Waals surface area contributed by atoms with E-state index in [1.807, 2.05) is 42.2 Å². The van der Waals surface area contributed by atoms with Crippen LogP contribution < -0.4 is 0 Å².